The minimum atomic E-state index is 0.830. The van der Waals surface area contributed by atoms with Gasteiger partial charge >= 0.3 is 0 Å². The predicted molar refractivity (Wildman–Crippen MR) is 95.9 cm³/mol. The van der Waals surface area contributed by atoms with Crippen molar-refractivity contribution in [1.82, 2.24) is 0 Å². The zero-order valence-electron chi connectivity index (χ0n) is 13.2. The Kier molecular flexibility index (Phi) is 2.91. The van der Waals surface area contributed by atoms with E-state index in [0.717, 1.165) is 11.8 Å². The minimum Gasteiger partial charge on any atom is -0.0622 e. The van der Waals surface area contributed by atoms with E-state index in [1.54, 1.807) is 11.1 Å². The van der Waals surface area contributed by atoms with Gasteiger partial charge in [-0.2, -0.15) is 0 Å². The summed E-state index contributed by atoms with van der Waals surface area (Å²) in [6, 6.07) is 21.7. The molecule has 2 aromatic carbocycles. The van der Waals surface area contributed by atoms with Crippen molar-refractivity contribution < 1.29 is 0 Å². The third kappa shape index (κ3) is 2.05. The van der Waals surface area contributed by atoms with Crippen LogP contribution in [-0.2, 0) is 0 Å². The van der Waals surface area contributed by atoms with Gasteiger partial charge < -0.3 is 0 Å². The third-order valence-corrected chi connectivity index (χ3v) is 5.68. The Labute approximate surface area is 137 Å². The van der Waals surface area contributed by atoms with Crippen LogP contribution in [0.3, 0.4) is 0 Å². The van der Waals surface area contributed by atoms with Gasteiger partial charge in [0.1, 0.15) is 0 Å². The molecule has 0 saturated heterocycles. The summed E-state index contributed by atoms with van der Waals surface area (Å²) in [6.45, 7) is 0. The summed E-state index contributed by atoms with van der Waals surface area (Å²) in [5.74, 6) is 1.66. The van der Waals surface area contributed by atoms with E-state index >= 15 is 0 Å². The third-order valence-electron chi connectivity index (χ3n) is 5.68. The van der Waals surface area contributed by atoms with Crippen molar-refractivity contribution in [3.63, 3.8) is 0 Å². The maximum Gasteiger partial charge on any atom is -0.00387 e. The highest BCUT2D eigenvalue weighted by molar-refractivity contribution is 5.87. The van der Waals surface area contributed by atoms with Crippen molar-refractivity contribution in [2.24, 2.45) is 11.8 Å². The highest BCUT2D eigenvalue weighted by Gasteiger charge is 2.41. The van der Waals surface area contributed by atoms with Crippen LogP contribution in [0.15, 0.2) is 89.5 Å². The minimum absolute atomic E-state index is 0.830. The van der Waals surface area contributed by atoms with Crippen LogP contribution >= 0.6 is 0 Å². The van der Waals surface area contributed by atoms with Crippen LogP contribution in [-0.4, -0.2) is 0 Å². The fraction of sp³-hybridized carbons (Fsp3) is 0.217. The molecule has 112 valence electrons. The topological polar surface area (TPSA) is 0 Å². The van der Waals surface area contributed by atoms with Crippen LogP contribution in [0, 0.1) is 11.8 Å². The second kappa shape index (κ2) is 5.09. The maximum absolute atomic E-state index is 2.48. The van der Waals surface area contributed by atoms with Crippen molar-refractivity contribution >= 4 is 5.57 Å². The van der Waals surface area contributed by atoms with Crippen LogP contribution in [0.25, 0.3) is 5.57 Å². The highest BCUT2D eigenvalue weighted by Crippen LogP contribution is 2.55. The molecule has 0 heteroatoms. The highest BCUT2D eigenvalue weighted by atomic mass is 14.5. The molecule has 2 saturated carbocycles. The van der Waals surface area contributed by atoms with E-state index in [1.165, 1.54) is 41.5 Å². The Morgan fingerprint density at radius 1 is 0.652 bits per heavy atom. The lowest BCUT2D eigenvalue weighted by Gasteiger charge is -2.12. The molecule has 23 heavy (non-hydrogen) atoms. The van der Waals surface area contributed by atoms with E-state index in [2.05, 4.69) is 72.8 Å². The van der Waals surface area contributed by atoms with Gasteiger partial charge in [0.25, 0.3) is 0 Å². The molecule has 0 amide bonds. The molecular weight excluding hydrogens is 276 g/mol. The molecule has 0 nitrogen and oxygen atoms in total. The molecular formula is C23H20. The van der Waals surface area contributed by atoms with Crippen LogP contribution in [0.1, 0.15) is 30.4 Å². The molecule has 0 radical (unpaired) electrons. The molecule has 3 aliphatic rings. The van der Waals surface area contributed by atoms with Gasteiger partial charge in [0.05, 0.1) is 0 Å². The Bertz CT molecular complexity index is 765. The van der Waals surface area contributed by atoms with E-state index in [0.29, 0.717) is 0 Å². The fourth-order valence-corrected chi connectivity index (χ4v) is 4.65. The van der Waals surface area contributed by atoms with E-state index in [4.69, 9.17) is 0 Å². The molecule has 0 N–H and O–H groups in total. The summed E-state index contributed by atoms with van der Waals surface area (Å²) in [5.41, 5.74) is 8.69. The van der Waals surface area contributed by atoms with Gasteiger partial charge in [0, 0.05) is 0 Å². The molecule has 0 heterocycles. The van der Waals surface area contributed by atoms with Crippen molar-refractivity contribution in [3.8, 4) is 0 Å². The first-order valence-corrected chi connectivity index (χ1v) is 8.69. The molecule has 3 aliphatic carbocycles. The van der Waals surface area contributed by atoms with E-state index in [1.807, 2.05) is 0 Å². The molecule has 0 aromatic heterocycles. The summed E-state index contributed by atoms with van der Waals surface area (Å²) in [7, 11) is 0. The smallest absolute Gasteiger partial charge is 0.00387 e. The average Bonchev–Trinajstić information content (AvgIpc) is 3.30. The Morgan fingerprint density at radius 3 is 1.61 bits per heavy atom. The predicted octanol–water partition coefficient (Wildman–Crippen LogP) is 5.78. The summed E-state index contributed by atoms with van der Waals surface area (Å²) < 4.78 is 0. The summed E-state index contributed by atoms with van der Waals surface area (Å²) >= 11 is 0. The number of benzene rings is 2. The van der Waals surface area contributed by atoms with E-state index < -0.39 is 0 Å². The molecule has 0 spiro atoms. The number of hydrogen-bond donors (Lipinski definition) is 0. The lowest BCUT2D eigenvalue weighted by molar-refractivity contribution is 0.658. The maximum atomic E-state index is 2.48. The number of hydrogen-bond acceptors (Lipinski definition) is 0. The molecule has 2 fully saturated rings. The first kappa shape index (κ1) is 13.1. The van der Waals surface area contributed by atoms with Crippen molar-refractivity contribution in [2.45, 2.75) is 19.3 Å². The largest absolute Gasteiger partial charge is 0.0622 e. The number of allylic oxidation sites excluding steroid dienone is 5. The van der Waals surface area contributed by atoms with Crippen molar-refractivity contribution in [3.05, 3.63) is 101 Å². The first-order chi connectivity index (χ1) is 11.4. The molecule has 2 bridgehead atoms. The van der Waals surface area contributed by atoms with Gasteiger partial charge in [-0.25, -0.2) is 0 Å². The van der Waals surface area contributed by atoms with Gasteiger partial charge in [-0.15, -0.1) is 0 Å². The zero-order valence-corrected chi connectivity index (χ0v) is 13.2. The zero-order chi connectivity index (χ0) is 15.2. The molecule has 2 atom stereocenters. The average molecular weight is 296 g/mol. The molecule has 2 aromatic rings. The first-order valence-electron chi connectivity index (χ1n) is 8.69. The van der Waals surface area contributed by atoms with Crippen LogP contribution in [0.5, 0.6) is 0 Å². The summed E-state index contributed by atoms with van der Waals surface area (Å²) in [4.78, 5) is 0. The van der Waals surface area contributed by atoms with Gasteiger partial charge in [-0.1, -0.05) is 72.8 Å². The lowest BCUT2D eigenvalue weighted by Crippen LogP contribution is -1.99. The Morgan fingerprint density at radius 2 is 1.13 bits per heavy atom. The van der Waals surface area contributed by atoms with E-state index in [9.17, 15) is 0 Å². The SMILES string of the molecule is C1=C2C(=CC1=C(c1ccccc1)c1ccccc1)[C@H]1CC[C@H]2C1. The summed E-state index contributed by atoms with van der Waals surface area (Å²) in [6.07, 6.45) is 9.15. The van der Waals surface area contributed by atoms with Crippen LogP contribution in [0.4, 0.5) is 0 Å². The normalized spacial score (nSPS) is 24.4. The molecule has 5 rings (SSSR count). The molecule has 0 unspecified atom stereocenters. The van der Waals surface area contributed by atoms with E-state index in [-0.39, 0.29) is 0 Å². The van der Waals surface area contributed by atoms with Gasteiger partial charge in [0.2, 0.25) is 0 Å². The summed E-state index contributed by atoms with van der Waals surface area (Å²) in [5, 5.41) is 0. The quantitative estimate of drug-likeness (QED) is 0.658. The second-order valence-electron chi connectivity index (χ2n) is 6.97. The lowest BCUT2D eigenvalue weighted by atomic mass is 9.92. The van der Waals surface area contributed by atoms with Gasteiger partial charge in [-0.3, -0.25) is 0 Å². The second-order valence-corrected chi connectivity index (χ2v) is 6.97. The van der Waals surface area contributed by atoms with Crippen LogP contribution in [0.2, 0.25) is 0 Å². The van der Waals surface area contributed by atoms with Crippen molar-refractivity contribution in [2.75, 3.05) is 0 Å². The Hall–Kier alpha value is -2.34. The Balaban J connectivity index is 1.72. The standard InChI is InChI=1S/C23H20/c1-3-7-16(8-4-1)23(17-9-5-2-6-10-17)20-14-21-18-11-12-19(13-18)22(21)15-20/h1-10,14-15,18-19H,11-13H2/t18-,19-/m0/s1. The van der Waals surface area contributed by atoms with Crippen molar-refractivity contribution in [1.29, 1.82) is 0 Å². The monoisotopic (exact) mass is 296 g/mol. The fourth-order valence-electron chi connectivity index (χ4n) is 4.65. The number of rotatable bonds is 2. The number of fused-ring (bicyclic) bond motifs is 5. The van der Waals surface area contributed by atoms with Gasteiger partial charge in [0.15, 0.2) is 0 Å². The molecule has 0 aliphatic heterocycles. The van der Waals surface area contributed by atoms with Crippen LogP contribution < -0.4 is 0 Å². The van der Waals surface area contributed by atoms with Gasteiger partial charge in [-0.05, 0) is 64.5 Å².